The number of halogens is 3. The van der Waals surface area contributed by atoms with Crippen molar-refractivity contribution in [3.05, 3.63) is 28.2 Å². The minimum atomic E-state index is -0.570. The number of rotatable bonds is 6. The Morgan fingerprint density at radius 3 is 2.00 bits per heavy atom. The van der Waals surface area contributed by atoms with Crippen molar-refractivity contribution in [2.45, 2.75) is 46.6 Å². The van der Waals surface area contributed by atoms with Gasteiger partial charge in [0.15, 0.2) is 0 Å². The van der Waals surface area contributed by atoms with Gasteiger partial charge in [-0.25, -0.2) is 8.78 Å². The normalized spacial score (nSPS) is 11.7. The molecule has 0 aromatic heterocycles. The van der Waals surface area contributed by atoms with Crippen LogP contribution in [-0.4, -0.2) is 6.04 Å². The zero-order valence-electron chi connectivity index (χ0n) is 11.9. The van der Waals surface area contributed by atoms with Crippen LogP contribution < -0.4 is 5.32 Å². The monoisotopic (exact) mass is 333 g/mol. The average Bonchev–Trinajstić information content (AvgIpc) is 2.21. The molecule has 4 heteroatoms. The minimum absolute atomic E-state index is 0.191. The van der Waals surface area contributed by atoms with Crippen molar-refractivity contribution in [2.24, 2.45) is 11.8 Å². The highest BCUT2D eigenvalue weighted by molar-refractivity contribution is 9.10. The van der Waals surface area contributed by atoms with E-state index in [0.717, 1.165) is 18.9 Å². The van der Waals surface area contributed by atoms with E-state index in [1.54, 1.807) is 0 Å². The first-order valence-electron chi connectivity index (χ1n) is 6.70. The Bertz CT molecular complexity index is 386. The molecule has 0 aliphatic rings. The zero-order valence-corrected chi connectivity index (χ0v) is 13.5. The summed E-state index contributed by atoms with van der Waals surface area (Å²) in [6, 6.07) is 2.39. The number of hydrogen-bond donors (Lipinski definition) is 1. The topological polar surface area (TPSA) is 12.0 Å². The van der Waals surface area contributed by atoms with Gasteiger partial charge in [0, 0.05) is 16.6 Å². The van der Waals surface area contributed by atoms with Gasteiger partial charge in [-0.3, -0.25) is 0 Å². The molecule has 0 radical (unpaired) electrons. The van der Waals surface area contributed by atoms with Gasteiger partial charge in [-0.1, -0.05) is 27.7 Å². The molecule has 1 rings (SSSR count). The van der Waals surface area contributed by atoms with Crippen molar-refractivity contribution in [2.75, 3.05) is 5.32 Å². The van der Waals surface area contributed by atoms with Crippen LogP contribution in [0.4, 0.5) is 14.5 Å². The number of nitrogens with one attached hydrogen (secondary N) is 1. The van der Waals surface area contributed by atoms with Crippen LogP contribution in [0.5, 0.6) is 0 Å². The molecule has 0 fully saturated rings. The lowest BCUT2D eigenvalue weighted by Crippen LogP contribution is -2.24. The molecular weight excluding hydrogens is 312 g/mol. The smallest absolute Gasteiger partial charge is 0.150 e. The van der Waals surface area contributed by atoms with Crippen molar-refractivity contribution in [1.82, 2.24) is 0 Å². The van der Waals surface area contributed by atoms with Gasteiger partial charge >= 0.3 is 0 Å². The number of anilines is 1. The van der Waals surface area contributed by atoms with Crippen LogP contribution in [-0.2, 0) is 0 Å². The molecule has 0 spiro atoms. The van der Waals surface area contributed by atoms with E-state index < -0.39 is 11.6 Å². The number of hydrogen-bond acceptors (Lipinski definition) is 1. The van der Waals surface area contributed by atoms with E-state index >= 15 is 0 Å². The first-order chi connectivity index (χ1) is 8.79. The predicted octanol–water partition coefficient (Wildman–Crippen LogP) is 5.60. The second-order valence-electron chi connectivity index (χ2n) is 5.84. The van der Waals surface area contributed by atoms with Crippen LogP contribution in [0.25, 0.3) is 0 Å². The summed E-state index contributed by atoms with van der Waals surface area (Å²) in [5.74, 6) is -0.0688. The van der Waals surface area contributed by atoms with E-state index in [-0.39, 0.29) is 6.04 Å². The van der Waals surface area contributed by atoms with Crippen LogP contribution in [0.2, 0.25) is 0 Å². The predicted molar refractivity (Wildman–Crippen MR) is 80.4 cm³/mol. The third kappa shape index (κ3) is 5.47. The van der Waals surface area contributed by atoms with Crippen LogP contribution in [0.15, 0.2) is 16.6 Å². The first kappa shape index (κ1) is 16.4. The van der Waals surface area contributed by atoms with E-state index in [1.165, 1.54) is 6.07 Å². The van der Waals surface area contributed by atoms with Crippen LogP contribution in [0.1, 0.15) is 40.5 Å². The Hall–Kier alpha value is -0.640. The fourth-order valence-electron chi connectivity index (χ4n) is 2.24. The van der Waals surface area contributed by atoms with Gasteiger partial charge in [0.2, 0.25) is 0 Å². The lowest BCUT2D eigenvalue weighted by molar-refractivity contribution is 0.440. The molecule has 0 aliphatic heterocycles. The molecule has 0 unspecified atom stereocenters. The summed E-state index contributed by atoms with van der Waals surface area (Å²) in [6.45, 7) is 8.58. The maximum atomic E-state index is 13.8. The van der Waals surface area contributed by atoms with Gasteiger partial charge in [0.25, 0.3) is 0 Å². The standard InChI is InChI=1S/C15H22BrF2N/c1-9(2)5-12(6-10(3)4)19-15-13(16)7-11(17)8-14(15)18/h7-10,12,19H,5-6H2,1-4H3. The summed E-state index contributed by atoms with van der Waals surface area (Å²) in [5, 5.41) is 3.22. The van der Waals surface area contributed by atoms with Gasteiger partial charge < -0.3 is 5.32 Å². The molecule has 108 valence electrons. The molecule has 1 aromatic carbocycles. The van der Waals surface area contributed by atoms with Gasteiger partial charge in [0.05, 0.1) is 5.69 Å². The van der Waals surface area contributed by atoms with E-state index in [0.29, 0.717) is 22.0 Å². The Kier molecular flexibility index (Phi) is 6.24. The first-order valence-corrected chi connectivity index (χ1v) is 7.50. The summed E-state index contributed by atoms with van der Waals surface area (Å²) in [7, 11) is 0. The lowest BCUT2D eigenvalue weighted by Gasteiger charge is -2.24. The molecule has 19 heavy (non-hydrogen) atoms. The van der Waals surface area contributed by atoms with E-state index in [2.05, 4.69) is 48.9 Å². The fourth-order valence-corrected chi connectivity index (χ4v) is 2.76. The Morgan fingerprint density at radius 2 is 1.58 bits per heavy atom. The molecule has 0 atom stereocenters. The molecule has 0 saturated heterocycles. The zero-order chi connectivity index (χ0) is 14.6. The average molecular weight is 334 g/mol. The van der Waals surface area contributed by atoms with Crippen molar-refractivity contribution in [1.29, 1.82) is 0 Å². The van der Waals surface area contributed by atoms with Gasteiger partial charge in [-0.05, 0) is 46.7 Å². The van der Waals surface area contributed by atoms with Crippen molar-refractivity contribution in [3.63, 3.8) is 0 Å². The Morgan fingerprint density at radius 1 is 1.05 bits per heavy atom. The summed E-state index contributed by atoms with van der Waals surface area (Å²) >= 11 is 3.22. The quantitative estimate of drug-likeness (QED) is 0.714. The molecule has 0 aliphatic carbocycles. The molecule has 1 nitrogen and oxygen atoms in total. The second-order valence-corrected chi connectivity index (χ2v) is 6.70. The van der Waals surface area contributed by atoms with Crippen molar-refractivity contribution < 1.29 is 8.78 Å². The summed E-state index contributed by atoms with van der Waals surface area (Å²) in [5.41, 5.74) is 0.354. The Labute approximate surface area is 122 Å². The molecule has 0 bridgehead atoms. The molecule has 0 amide bonds. The maximum absolute atomic E-state index is 13.8. The summed E-state index contributed by atoms with van der Waals surface area (Å²) in [6.07, 6.45) is 1.92. The van der Waals surface area contributed by atoms with E-state index in [9.17, 15) is 8.78 Å². The van der Waals surface area contributed by atoms with Crippen LogP contribution in [0.3, 0.4) is 0 Å². The van der Waals surface area contributed by atoms with Gasteiger partial charge in [0.1, 0.15) is 11.6 Å². The molecule has 0 heterocycles. The SMILES string of the molecule is CC(C)CC(CC(C)C)Nc1c(F)cc(F)cc1Br. The van der Waals surface area contributed by atoms with Crippen molar-refractivity contribution in [3.8, 4) is 0 Å². The highest BCUT2D eigenvalue weighted by Crippen LogP contribution is 2.29. The highest BCUT2D eigenvalue weighted by atomic mass is 79.9. The lowest BCUT2D eigenvalue weighted by atomic mass is 9.95. The molecule has 0 saturated carbocycles. The van der Waals surface area contributed by atoms with Crippen LogP contribution in [0, 0.1) is 23.5 Å². The maximum Gasteiger partial charge on any atom is 0.150 e. The molecular formula is C15H22BrF2N. The second kappa shape index (κ2) is 7.22. The van der Waals surface area contributed by atoms with E-state index in [1.807, 2.05) is 0 Å². The number of benzene rings is 1. The third-order valence-corrected chi connectivity index (χ3v) is 3.49. The molecule has 1 N–H and O–H groups in total. The van der Waals surface area contributed by atoms with Crippen molar-refractivity contribution >= 4 is 21.6 Å². The minimum Gasteiger partial charge on any atom is -0.379 e. The van der Waals surface area contributed by atoms with Crippen LogP contribution >= 0.6 is 15.9 Å². The highest BCUT2D eigenvalue weighted by Gasteiger charge is 2.17. The summed E-state index contributed by atoms with van der Waals surface area (Å²) < 4.78 is 27.3. The molecule has 1 aromatic rings. The third-order valence-electron chi connectivity index (χ3n) is 2.87. The Balaban J connectivity index is 2.89. The van der Waals surface area contributed by atoms with E-state index in [4.69, 9.17) is 0 Å². The fraction of sp³-hybridized carbons (Fsp3) is 0.600. The van der Waals surface area contributed by atoms with Gasteiger partial charge in [-0.15, -0.1) is 0 Å². The van der Waals surface area contributed by atoms with Gasteiger partial charge in [-0.2, -0.15) is 0 Å². The largest absolute Gasteiger partial charge is 0.379 e. The summed E-state index contributed by atoms with van der Waals surface area (Å²) in [4.78, 5) is 0.